The summed E-state index contributed by atoms with van der Waals surface area (Å²) < 4.78 is 7.84. The first-order chi connectivity index (χ1) is 9.65. The lowest BCUT2D eigenvalue weighted by Crippen LogP contribution is -2.01. The van der Waals surface area contributed by atoms with E-state index < -0.39 is 0 Å². The topological polar surface area (TPSA) is 34.4 Å². The Morgan fingerprint density at radius 3 is 2.55 bits per heavy atom. The average molecular weight is 267 g/mol. The molecule has 0 aliphatic heterocycles. The molecule has 1 aromatic heterocycles. The van der Waals surface area contributed by atoms with Crippen molar-refractivity contribution in [1.29, 1.82) is 0 Å². The highest BCUT2D eigenvalue weighted by Gasteiger charge is 2.09. The van der Waals surface area contributed by atoms with Crippen LogP contribution in [0.3, 0.4) is 0 Å². The number of phenols is 1. The Balaban J connectivity index is 1.86. The summed E-state index contributed by atoms with van der Waals surface area (Å²) >= 11 is 0. The van der Waals surface area contributed by atoms with Crippen LogP contribution in [0.1, 0.15) is 11.3 Å². The number of rotatable bonds is 3. The van der Waals surface area contributed by atoms with Crippen LogP contribution in [0.5, 0.6) is 11.5 Å². The highest BCUT2D eigenvalue weighted by molar-refractivity contribution is 5.87. The van der Waals surface area contributed by atoms with Gasteiger partial charge in [0.25, 0.3) is 0 Å². The zero-order chi connectivity index (χ0) is 14.1. The Bertz CT molecular complexity index is 742. The van der Waals surface area contributed by atoms with Crippen molar-refractivity contribution in [2.75, 3.05) is 0 Å². The van der Waals surface area contributed by atoms with Crippen LogP contribution < -0.4 is 4.74 Å². The lowest BCUT2D eigenvalue weighted by atomic mass is 10.2. The van der Waals surface area contributed by atoms with Gasteiger partial charge in [0, 0.05) is 12.4 Å². The summed E-state index contributed by atoms with van der Waals surface area (Å²) in [5, 5.41) is 10.7. The van der Waals surface area contributed by atoms with E-state index in [2.05, 4.69) is 6.92 Å². The quantitative estimate of drug-likeness (QED) is 0.783. The molecule has 0 radical (unpaired) electrons. The Kier molecular flexibility index (Phi) is 3.11. The molecule has 0 atom stereocenters. The van der Waals surface area contributed by atoms with E-state index in [1.807, 2.05) is 54.1 Å². The van der Waals surface area contributed by atoms with Crippen LogP contribution >= 0.6 is 0 Å². The highest BCUT2D eigenvalue weighted by atomic mass is 16.5. The van der Waals surface area contributed by atoms with Crippen molar-refractivity contribution in [3.63, 3.8) is 0 Å². The molecule has 0 saturated heterocycles. The second-order valence-corrected chi connectivity index (χ2v) is 5.01. The van der Waals surface area contributed by atoms with Crippen LogP contribution in [-0.4, -0.2) is 9.67 Å². The third-order valence-corrected chi connectivity index (χ3v) is 3.57. The highest BCUT2D eigenvalue weighted by Crippen LogP contribution is 2.27. The minimum atomic E-state index is 0.305. The van der Waals surface area contributed by atoms with Crippen molar-refractivity contribution >= 4 is 10.9 Å². The van der Waals surface area contributed by atoms with E-state index in [0.717, 1.165) is 22.3 Å². The van der Waals surface area contributed by atoms with Gasteiger partial charge in [-0.2, -0.15) is 0 Å². The van der Waals surface area contributed by atoms with Crippen molar-refractivity contribution in [3.8, 4) is 11.5 Å². The number of aromatic nitrogens is 1. The molecular formula is C17H17NO2. The van der Waals surface area contributed by atoms with Crippen LogP contribution in [0.15, 0.2) is 48.5 Å². The smallest absolute Gasteiger partial charge is 0.128 e. The van der Waals surface area contributed by atoms with Crippen LogP contribution in [0.2, 0.25) is 0 Å². The molecule has 20 heavy (non-hydrogen) atoms. The molecule has 0 aliphatic carbocycles. The van der Waals surface area contributed by atoms with Gasteiger partial charge in [-0.1, -0.05) is 23.8 Å². The number of phenolic OH excluding ortho intramolecular Hbond substituents is 1. The molecule has 0 spiro atoms. The normalized spacial score (nSPS) is 10.9. The number of hydrogen-bond donors (Lipinski definition) is 1. The van der Waals surface area contributed by atoms with E-state index >= 15 is 0 Å². The molecule has 0 saturated carbocycles. The first kappa shape index (κ1) is 12.6. The minimum absolute atomic E-state index is 0.305. The third kappa shape index (κ3) is 2.23. The van der Waals surface area contributed by atoms with Crippen LogP contribution in [0, 0.1) is 6.92 Å². The van der Waals surface area contributed by atoms with Crippen molar-refractivity contribution in [3.05, 3.63) is 59.8 Å². The summed E-state index contributed by atoms with van der Waals surface area (Å²) in [4.78, 5) is 0. The van der Waals surface area contributed by atoms with Gasteiger partial charge in [0.15, 0.2) is 0 Å². The molecule has 2 aromatic carbocycles. The van der Waals surface area contributed by atoms with Gasteiger partial charge >= 0.3 is 0 Å². The summed E-state index contributed by atoms with van der Waals surface area (Å²) in [6.07, 6.45) is 0. The Labute approximate surface area is 118 Å². The summed E-state index contributed by atoms with van der Waals surface area (Å²) in [5.41, 5.74) is 3.25. The number of aryl methyl sites for hydroxylation is 2. The predicted molar refractivity (Wildman–Crippen MR) is 80.1 cm³/mol. The first-order valence-electron chi connectivity index (χ1n) is 6.61. The zero-order valence-electron chi connectivity index (χ0n) is 11.6. The maximum atomic E-state index is 9.87. The molecule has 3 rings (SSSR count). The summed E-state index contributed by atoms with van der Waals surface area (Å²) in [6.45, 7) is 2.53. The van der Waals surface area contributed by atoms with Gasteiger partial charge in [-0.25, -0.2) is 0 Å². The van der Waals surface area contributed by atoms with Crippen molar-refractivity contribution in [2.24, 2.45) is 7.05 Å². The monoisotopic (exact) mass is 267 g/mol. The fourth-order valence-electron chi connectivity index (χ4n) is 2.33. The maximum absolute atomic E-state index is 9.87. The van der Waals surface area contributed by atoms with Gasteiger partial charge in [-0.3, -0.25) is 0 Å². The molecular weight excluding hydrogens is 250 g/mol. The van der Waals surface area contributed by atoms with E-state index in [-0.39, 0.29) is 0 Å². The molecule has 1 heterocycles. The molecule has 102 valence electrons. The van der Waals surface area contributed by atoms with E-state index in [0.29, 0.717) is 12.4 Å². The lowest BCUT2D eigenvalue weighted by molar-refractivity contribution is 0.297. The van der Waals surface area contributed by atoms with E-state index in [1.165, 1.54) is 5.56 Å². The molecule has 1 N–H and O–H groups in total. The second-order valence-electron chi connectivity index (χ2n) is 5.01. The molecule has 0 unspecified atom stereocenters. The van der Waals surface area contributed by atoms with Crippen LogP contribution in [0.25, 0.3) is 10.9 Å². The van der Waals surface area contributed by atoms with Gasteiger partial charge in [-0.05, 0) is 37.3 Å². The van der Waals surface area contributed by atoms with E-state index in [9.17, 15) is 5.11 Å². The number of nitrogens with zero attached hydrogens (tertiary/aromatic N) is 1. The van der Waals surface area contributed by atoms with Crippen molar-refractivity contribution in [1.82, 2.24) is 4.57 Å². The van der Waals surface area contributed by atoms with Crippen LogP contribution in [-0.2, 0) is 13.7 Å². The molecule has 0 bridgehead atoms. The second kappa shape index (κ2) is 4.93. The summed E-state index contributed by atoms with van der Waals surface area (Å²) in [6, 6.07) is 15.5. The van der Waals surface area contributed by atoms with Crippen LogP contribution in [0.4, 0.5) is 0 Å². The Hall–Kier alpha value is -2.42. The van der Waals surface area contributed by atoms with Gasteiger partial charge < -0.3 is 14.4 Å². The molecule has 0 fully saturated rings. The third-order valence-electron chi connectivity index (χ3n) is 3.57. The predicted octanol–water partition coefficient (Wildman–Crippen LogP) is 3.77. The fourth-order valence-corrected chi connectivity index (χ4v) is 2.33. The molecule has 3 heteroatoms. The largest absolute Gasteiger partial charge is 0.507 e. The average Bonchev–Trinajstić information content (AvgIpc) is 2.77. The zero-order valence-corrected chi connectivity index (χ0v) is 11.6. The number of fused-ring (bicyclic) bond motifs is 1. The van der Waals surface area contributed by atoms with Crippen molar-refractivity contribution in [2.45, 2.75) is 13.5 Å². The molecule has 3 aromatic rings. The van der Waals surface area contributed by atoms with Gasteiger partial charge in [0.05, 0.1) is 11.2 Å². The number of benzene rings is 2. The van der Waals surface area contributed by atoms with E-state index in [1.54, 1.807) is 6.07 Å². The van der Waals surface area contributed by atoms with Gasteiger partial charge in [0.1, 0.15) is 18.1 Å². The first-order valence-corrected chi connectivity index (χ1v) is 6.61. The Morgan fingerprint density at radius 2 is 1.85 bits per heavy atom. The summed E-state index contributed by atoms with van der Waals surface area (Å²) in [5.74, 6) is 1.16. The standard InChI is InChI=1S/C17H17NO2/c1-12-6-8-14(9-7-12)20-11-13-10-15-16(18(13)2)4-3-5-17(15)19/h3-10,19H,11H2,1-2H3. The van der Waals surface area contributed by atoms with Gasteiger partial charge in [0.2, 0.25) is 0 Å². The van der Waals surface area contributed by atoms with Gasteiger partial charge in [-0.15, -0.1) is 0 Å². The molecule has 3 nitrogen and oxygen atoms in total. The van der Waals surface area contributed by atoms with Crippen molar-refractivity contribution < 1.29 is 9.84 Å². The SMILES string of the molecule is Cc1ccc(OCc2cc3c(O)cccc3n2C)cc1. The number of hydrogen-bond acceptors (Lipinski definition) is 2. The number of aromatic hydroxyl groups is 1. The van der Waals surface area contributed by atoms with E-state index in [4.69, 9.17) is 4.74 Å². The number of ether oxygens (including phenoxy) is 1. The lowest BCUT2D eigenvalue weighted by Gasteiger charge is -2.07. The maximum Gasteiger partial charge on any atom is 0.128 e. The molecule has 0 amide bonds. The molecule has 0 aliphatic rings. The minimum Gasteiger partial charge on any atom is -0.507 e. The Morgan fingerprint density at radius 1 is 1.10 bits per heavy atom. The summed E-state index contributed by atoms with van der Waals surface area (Å²) in [7, 11) is 1.98. The fraction of sp³-hybridized carbons (Fsp3) is 0.176.